The smallest absolute Gasteiger partial charge is 0.383 e. The van der Waals surface area contributed by atoms with Gasteiger partial charge in [0.25, 0.3) is 11.6 Å². The molecule has 0 atom stereocenters. The highest BCUT2D eigenvalue weighted by molar-refractivity contribution is 6.30. The van der Waals surface area contributed by atoms with E-state index in [0.29, 0.717) is 21.8 Å². The quantitative estimate of drug-likeness (QED) is 0.778. The topological polar surface area (TPSA) is 78.3 Å². The molecular weight excluding hydrogens is 347 g/mol. The normalized spacial score (nSPS) is 12.0. The molecular formula is C14H11ClF3N5O. The standard InChI is InChI=1S/C14H11ClF3N5O/c1-24-6-9-10(7-3-2-4-8(15)5-7)11(19)23-13(20-9)21-12(22-23)14(16,17)18/h2-5H,6,19H2,1H3. The number of rotatable bonds is 3. The minimum atomic E-state index is -4.70. The predicted octanol–water partition coefficient (Wildman–Crippen LogP) is 3.19. The highest BCUT2D eigenvalue weighted by Gasteiger charge is 2.37. The number of nitrogens with two attached hydrogens (primary N) is 1. The largest absolute Gasteiger partial charge is 0.453 e. The van der Waals surface area contributed by atoms with Crippen LogP contribution in [0.4, 0.5) is 19.0 Å². The van der Waals surface area contributed by atoms with Crippen molar-refractivity contribution in [3.63, 3.8) is 0 Å². The molecule has 0 radical (unpaired) electrons. The summed E-state index contributed by atoms with van der Waals surface area (Å²) in [4.78, 5) is 7.50. The molecule has 0 saturated carbocycles. The number of nitrogen functional groups attached to an aromatic ring is 1. The first kappa shape index (κ1) is 16.5. The summed E-state index contributed by atoms with van der Waals surface area (Å²) in [6, 6.07) is 6.70. The summed E-state index contributed by atoms with van der Waals surface area (Å²) < 4.78 is 44.4. The lowest BCUT2D eigenvalue weighted by molar-refractivity contribution is -0.144. The fourth-order valence-corrected chi connectivity index (χ4v) is 2.48. The molecule has 2 aromatic heterocycles. The van der Waals surface area contributed by atoms with Crippen molar-refractivity contribution in [2.75, 3.05) is 12.8 Å². The van der Waals surface area contributed by atoms with Crippen LogP contribution in [-0.4, -0.2) is 26.7 Å². The third-order valence-electron chi connectivity index (χ3n) is 3.25. The number of methoxy groups -OCH3 is 1. The van der Waals surface area contributed by atoms with Gasteiger partial charge in [-0.1, -0.05) is 23.7 Å². The van der Waals surface area contributed by atoms with Crippen molar-refractivity contribution in [1.82, 2.24) is 19.6 Å². The van der Waals surface area contributed by atoms with Gasteiger partial charge in [-0.15, -0.1) is 5.10 Å². The summed E-state index contributed by atoms with van der Waals surface area (Å²) in [6.45, 7) is 0.0385. The van der Waals surface area contributed by atoms with Crippen LogP contribution in [0, 0.1) is 0 Å². The second kappa shape index (κ2) is 5.91. The molecule has 3 aromatic rings. The highest BCUT2D eigenvalue weighted by Crippen LogP contribution is 2.33. The molecule has 0 unspecified atom stereocenters. The van der Waals surface area contributed by atoms with Gasteiger partial charge in [0, 0.05) is 17.7 Å². The van der Waals surface area contributed by atoms with Crippen molar-refractivity contribution in [2.45, 2.75) is 12.8 Å². The molecule has 0 fully saturated rings. The summed E-state index contributed by atoms with van der Waals surface area (Å²) in [7, 11) is 1.44. The van der Waals surface area contributed by atoms with E-state index in [1.807, 2.05) is 0 Å². The van der Waals surface area contributed by atoms with Gasteiger partial charge in [0.1, 0.15) is 5.82 Å². The first-order chi connectivity index (χ1) is 11.3. The van der Waals surface area contributed by atoms with E-state index in [9.17, 15) is 13.2 Å². The first-order valence-corrected chi connectivity index (χ1v) is 7.06. The summed E-state index contributed by atoms with van der Waals surface area (Å²) in [5.74, 6) is -1.59. The van der Waals surface area contributed by atoms with Crippen LogP contribution in [0.1, 0.15) is 11.5 Å². The minimum absolute atomic E-state index is 0.0303. The minimum Gasteiger partial charge on any atom is -0.383 e. The van der Waals surface area contributed by atoms with Gasteiger partial charge in [0.05, 0.1) is 12.3 Å². The summed E-state index contributed by atoms with van der Waals surface area (Å²) in [6.07, 6.45) is -4.70. The van der Waals surface area contributed by atoms with Crippen molar-refractivity contribution in [1.29, 1.82) is 0 Å². The van der Waals surface area contributed by atoms with E-state index in [1.165, 1.54) is 7.11 Å². The van der Waals surface area contributed by atoms with Gasteiger partial charge in [-0.2, -0.15) is 22.7 Å². The van der Waals surface area contributed by atoms with Gasteiger partial charge < -0.3 is 10.5 Å². The Bertz CT molecular complexity index is 909. The molecule has 2 N–H and O–H groups in total. The lowest BCUT2D eigenvalue weighted by atomic mass is 10.0. The number of hydrogen-bond donors (Lipinski definition) is 1. The van der Waals surface area contributed by atoms with Gasteiger partial charge >= 0.3 is 6.18 Å². The number of alkyl halides is 3. The van der Waals surface area contributed by atoms with Crippen molar-refractivity contribution in [2.24, 2.45) is 0 Å². The zero-order valence-electron chi connectivity index (χ0n) is 12.3. The molecule has 24 heavy (non-hydrogen) atoms. The number of halogens is 4. The average Bonchev–Trinajstić information content (AvgIpc) is 2.92. The van der Waals surface area contributed by atoms with Crippen LogP contribution >= 0.6 is 11.6 Å². The molecule has 126 valence electrons. The molecule has 0 aliphatic rings. The molecule has 1 aromatic carbocycles. The lowest BCUT2D eigenvalue weighted by Gasteiger charge is -2.12. The monoisotopic (exact) mass is 357 g/mol. The molecule has 0 bridgehead atoms. The molecule has 0 spiro atoms. The Kier molecular flexibility index (Phi) is 4.06. The third kappa shape index (κ3) is 2.87. The van der Waals surface area contributed by atoms with Crippen LogP contribution in [0.3, 0.4) is 0 Å². The van der Waals surface area contributed by atoms with Crippen molar-refractivity contribution in [3.05, 3.63) is 40.8 Å². The average molecular weight is 358 g/mol. The van der Waals surface area contributed by atoms with Crippen LogP contribution in [-0.2, 0) is 17.5 Å². The van der Waals surface area contributed by atoms with Gasteiger partial charge in [0.15, 0.2) is 0 Å². The fraction of sp³-hybridized carbons (Fsp3) is 0.214. The van der Waals surface area contributed by atoms with Gasteiger partial charge in [-0.05, 0) is 17.7 Å². The van der Waals surface area contributed by atoms with Gasteiger partial charge in [-0.25, -0.2) is 4.98 Å². The molecule has 10 heteroatoms. The number of aromatic nitrogens is 4. The van der Waals surface area contributed by atoms with Crippen molar-refractivity contribution < 1.29 is 17.9 Å². The third-order valence-corrected chi connectivity index (χ3v) is 3.48. The number of anilines is 1. The first-order valence-electron chi connectivity index (χ1n) is 6.68. The van der Waals surface area contributed by atoms with E-state index in [0.717, 1.165) is 4.52 Å². The molecule has 2 heterocycles. The lowest BCUT2D eigenvalue weighted by Crippen LogP contribution is -2.09. The summed E-state index contributed by atoms with van der Waals surface area (Å²) in [5, 5.41) is 3.86. The Morgan fingerprint density at radius 3 is 2.67 bits per heavy atom. The SMILES string of the molecule is COCc1nc2nc(C(F)(F)F)nn2c(N)c1-c1cccc(Cl)c1. The van der Waals surface area contributed by atoms with Crippen molar-refractivity contribution in [3.8, 4) is 11.1 Å². The molecule has 6 nitrogen and oxygen atoms in total. The predicted molar refractivity (Wildman–Crippen MR) is 81.4 cm³/mol. The number of benzene rings is 1. The molecule has 0 aliphatic carbocycles. The number of hydrogen-bond acceptors (Lipinski definition) is 5. The van der Waals surface area contributed by atoms with E-state index in [2.05, 4.69) is 15.1 Å². The second-order valence-electron chi connectivity index (χ2n) is 4.91. The van der Waals surface area contributed by atoms with Crippen molar-refractivity contribution >= 4 is 23.2 Å². The number of fused-ring (bicyclic) bond motifs is 1. The molecule has 0 aliphatic heterocycles. The zero-order chi connectivity index (χ0) is 17.5. The maximum Gasteiger partial charge on any atom is 0.453 e. The molecule has 0 saturated heterocycles. The van der Waals surface area contributed by atoms with E-state index in [-0.39, 0.29) is 18.2 Å². The number of nitrogens with zero attached hydrogens (tertiary/aromatic N) is 4. The van der Waals surface area contributed by atoms with Crippen LogP contribution < -0.4 is 5.73 Å². The Hall–Kier alpha value is -2.39. The summed E-state index contributed by atoms with van der Waals surface area (Å²) >= 11 is 5.98. The van der Waals surface area contributed by atoms with E-state index in [4.69, 9.17) is 22.1 Å². The van der Waals surface area contributed by atoms with Crippen LogP contribution in [0.2, 0.25) is 5.02 Å². The van der Waals surface area contributed by atoms with Crippen LogP contribution in [0.5, 0.6) is 0 Å². The Morgan fingerprint density at radius 1 is 1.29 bits per heavy atom. The second-order valence-corrected chi connectivity index (χ2v) is 5.34. The fourth-order valence-electron chi connectivity index (χ4n) is 2.29. The van der Waals surface area contributed by atoms with Gasteiger partial charge in [-0.3, -0.25) is 0 Å². The Morgan fingerprint density at radius 2 is 2.04 bits per heavy atom. The summed E-state index contributed by atoms with van der Waals surface area (Å²) in [5.41, 5.74) is 7.36. The maximum atomic E-state index is 12.8. The van der Waals surface area contributed by atoms with Crippen LogP contribution in [0.25, 0.3) is 16.9 Å². The number of ether oxygens (including phenoxy) is 1. The molecule has 0 amide bonds. The molecule has 3 rings (SSSR count). The van der Waals surface area contributed by atoms with Gasteiger partial charge in [0.2, 0.25) is 0 Å². The van der Waals surface area contributed by atoms with E-state index < -0.39 is 12.0 Å². The zero-order valence-corrected chi connectivity index (χ0v) is 13.1. The van der Waals surface area contributed by atoms with E-state index >= 15 is 0 Å². The highest BCUT2D eigenvalue weighted by atomic mass is 35.5. The Labute approximate surface area is 139 Å². The van der Waals surface area contributed by atoms with E-state index in [1.54, 1.807) is 24.3 Å². The maximum absolute atomic E-state index is 12.8. The Balaban J connectivity index is 2.30. The van der Waals surface area contributed by atoms with Crippen LogP contribution in [0.15, 0.2) is 24.3 Å².